The van der Waals surface area contributed by atoms with Gasteiger partial charge >= 0.3 is 0 Å². The summed E-state index contributed by atoms with van der Waals surface area (Å²) >= 11 is 0. The van der Waals surface area contributed by atoms with Crippen LogP contribution in [0.3, 0.4) is 0 Å². The molecule has 0 radical (unpaired) electrons. The van der Waals surface area contributed by atoms with Crippen molar-refractivity contribution in [2.75, 3.05) is 5.32 Å². The largest absolute Gasteiger partial charge is 0.506 e. The fraction of sp³-hybridized carbons (Fsp3) is 0.385. The summed E-state index contributed by atoms with van der Waals surface area (Å²) in [6.45, 7) is 5.04. The first kappa shape index (κ1) is 14.0. The third-order valence-corrected chi connectivity index (χ3v) is 2.47. The Labute approximate surface area is 106 Å². The second-order valence-corrected chi connectivity index (χ2v) is 4.43. The van der Waals surface area contributed by atoms with E-state index in [0.29, 0.717) is 5.69 Å². The van der Waals surface area contributed by atoms with Gasteiger partial charge in [0.05, 0.1) is 5.69 Å². The first-order chi connectivity index (χ1) is 8.41. The second-order valence-electron chi connectivity index (χ2n) is 4.43. The maximum absolute atomic E-state index is 12.0. The highest BCUT2D eigenvalue weighted by molar-refractivity contribution is 5.98. The Hall–Kier alpha value is -2.04. The summed E-state index contributed by atoms with van der Waals surface area (Å²) in [6, 6.07) is 5.83. The summed E-state index contributed by atoms with van der Waals surface area (Å²) in [5.41, 5.74) is 0.332. The number of phenolic OH excluding ortho intramolecular Hbond substituents is 1. The Morgan fingerprint density at radius 1 is 1.22 bits per heavy atom. The van der Waals surface area contributed by atoms with Crippen LogP contribution in [0, 0.1) is 5.92 Å². The summed E-state index contributed by atoms with van der Waals surface area (Å²) in [6.07, 6.45) is 0. The van der Waals surface area contributed by atoms with Gasteiger partial charge in [0.1, 0.15) is 11.8 Å². The molecule has 1 aromatic carbocycles. The molecule has 2 amide bonds. The number of anilines is 1. The molecule has 98 valence electrons. The van der Waals surface area contributed by atoms with E-state index < -0.39 is 6.04 Å². The number of carbonyl (C=O) groups excluding carboxylic acids is 2. The quantitative estimate of drug-likeness (QED) is 0.708. The number of para-hydroxylation sites is 2. The molecule has 5 heteroatoms. The van der Waals surface area contributed by atoms with E-state index in [1.54, 1.807) is 18.2 Å². The maximum Gasteiger partial charge on any atom is 0.247 e. The zero-order valence-corrected chi connectivity index (χ0v) is 10.7. The van der Waals surface area contributed by atoms with Crippen molar-refractivity contribution in [3.05, 3.63) is 24.3 Å². The van der Waals surface area contributed by atoms with Crippen LogP contribution in [0.4, 0.5) is 5.69 Å². The predicted octanol–water partition coefficient (Wildman–Crippen LogP) is 1.49. The topological polar surface area (TPSA) is 78.4 Å². The van der Waals surface area contributed by atoms with Crippen LogP contribution in [-0.2, 0) is 9.59 Å². The minimum atomic E-state index is -0.623. The van der Waals surface area contributed by atoms with Crippen molar-refractivity contribution in [3.8, 4) is 5.75 Å². The standard InChI is InChI=1S/C13H18N2O3/c1-8(2)12(14-9(3)16)13(18)15-10-6-4-5-7-11(10)17/h4-8,12,17H,1-3H3,(H,14,16)(H,15,18). The van der Waals surface area contributed by atoms with Crippen molar-refractivity contribution in [1.29, 1.82) is 0 Å². The Bertz CT molecular complexity index is 444. The number of amides is 2. The molecule has 0 bridgehead atoms. The lowest BCUT2D eigenvalue weighted by Gasteiger charge is -2.21. The van der Waals surface area contributed by atoms with Gasteiger partial charge in [-0.3, -0.25) is 9.59 Å². The fourth-order valence-corrected chi connectivity index (χ4v) is 1.54. The van der Waals surface area contributed by atoms with Crippen LogP contribution in [0.1, 0.15) is 20.8 Å². The zero-order valence-electron chi connectivity index (χ0n) is 10.7. The number of hydrogen-bond donors (Lipinski definition) is 3. The summed E-state index contributed by atoms with van der Waals surface area (Å²) < 4.78 is 0. The van der Waals surface area contributed by atoms with Gasteiger partial charge in [0.2, 0.25) is 11.8 Å². The van der Waals surface area contributed by atoms with Gasteiger partial charge in [-0.1, -0.05) is 26.0 Å². The van der Waals surface area contributed by atoms with Crippen LogP contribution < -0.4 is 10.6 Å². The molecule has 1 atom stereocenters. The number of benzene rings is 1. The van der Waals surface area contributed by atoms with Crippen LogP contribution in [0.15, 0.2) is 24.3 Å². The molecular formula is C13H18N2O3. The highest BCUT2D eigenvalue weighted by Gasteiger charge is 2.23. The summed E-state index contributed by atoms with van der Waals surface area (Å²) in [5.74, 6) is -0.654. The van der Waals surface area contributed by atoms with E-state index in [-0.39, 0.29) is 23.5 Å². The van der Waals surface area contributed by atoms with E-state index in [9.17, 15) is 14.7 Å². The van der Waals surface area contributed by atoms with Gasteiger partial charge in [0.15, 0.2) is 0 Å². The van der Waals surface area contributed by atoms with Crippen molar-refractivity contribution in [2.24, 2.45) is 5.92 Å². The number of carbonyl (C=O) groups is 2. The molecule has 0 aliphatic carbocycles. The third kappa shape index (κ3) is 3.76. The zero-order chi connectivity index (χ0) is 13.7. The molecule has 1 unspecified atom stereocenters. The summed E-state index contributed by atoms with van der Waals surface area (Å²) in [5, 5.41) is 14.7. The highest BCUT2D eigenvalue weighted by Crippen LogP contribution is 2.22. The molecule has 0 aromatic heterocycles. The Morgan fingerprint density at radius 2 is 1.83 bits per heavy atom. The minimum Gasteiger partial charge on any atom is -0.506 e. The van der Waals surface area contributed by atoms with Gasteiger partial charge < -0.3 is 15.7 Å². The van der Waals surface area contributed by atoms with E-state index in [0.717, 1.165) is 0 Å². The lowest BCUT2D eigenvalue weighted by Crippen LogP contribution is -2.46. The molecule has 1 rings (SSSR count). The molecule has 0 spiro atoms. The first-order valence-corrected chi connectivity index (χ1v) is 5.77. The predicted molar refractivity (Wildman–Crippen MR) is 69.2 cm³/mol. The van der Waals surface area contributed by atoms with Gasteiger partial charge in [0, 0.05) is 6.92 Å². The molecule has 18 heavy (non-hydrogen) atoms. The van der Waals surface area contributed by atoms with Crippen LogP contribution >= 0.6 is 0 Å². The number of aromatic hydroxyl groups is 1. The van der Waals surface area contributed by atoms with Gasteiger partial charge in [-0.2, -0.15) is 0 Å². The van der Waals surface area contributed by atoms with Gasteiger partial charge in [0.25, 0.3) is 0 Å². The van der Waals surface area contributed by atoms with Crippen molar-refractivity contribution in [2.45, 2.75) is 26.8 Å². The monoisotopic (exact) mass is 250 g/mol. The first-order valence-electron chi connectivity index (χ1n) is 5.77. The van der Waals surface area contributed by atoms with Gasteiger partial charge in [-0.25, -0.2) is 0 Å². The van der Waals surface area contributed by atoms with Crippen LogP contribution in [-0.4, -0.2) is 23.0 Å². The number of rotatable bonds is 4. The summed E-state index contributed by atoms with van der Waals surface area (Å²) in [7, 11) is 0. The Balaban J connectivity index is 2.79. The normalized spacial score (nSPS) is 12.0. The Morgan fingerprint density at radius 3 is 2.33 bits per heavy atom. The van der Waals surface area contributed by atoms with Gasteiger partial charge in [-0.05, 0) is 18.1 Å². The molecule has 5 nitrogen and oxygen atoms in total. The maximum atomic E-state index is 12.0. The molecule has 0 heterocycles. The molecule has 1 aromatic rings. The van der Waals surface area contributed by atoms with Crippen LogP contribution in [0.25, 0.3) is 0 Å². The van der Waals surface area contributed by atoms with E-state index in [2.05, 4.69) is 10.6 Å². The lowest BCUT2D eigenvalue weighted by molar-refractivity contribution is -0.126. The van der Waals surface area contributed by atoms with E-state index in [1.165, 1.54) is 13.0 Å². The van der Waals surface area contributed by atoms with Crippen molar-refractivity contribution >= 4 is 17.5 Å². The lowest BCUT2D eigenvalue weighted by atomic mass is 10.0. The number of nitrogens with one attached hydrogen (secondary N) is 2. The smallest absolute Gasteiger partial charge is 0.247 e. The highest BCUT2D eigenvalue weighted by atomic mass is 16.3. The van der Waals surface area contributed by atoms with Crippen LogP contribution in [0.5, 0.6) is 5.75 Å². The average Bonchev–Trinajstić information content (AvgIpc) is 2.28. The molecule has 3 N–H and O–H groups in total. The average molecular weight is 250 g/mol. The summed E-state index contributed by atoms with van der Waals surface area (Å²) in [4.78, 5) is 23.0. The number of phenols is 1. The minimum absolute atomic E-state index is 0.00354. The van der Waals surface area contributed by atoms with Crippen molar-refractivity contribution in [1.82, 2.24) is 5.32 Å². The van der Waals surface area contributed by atoms with E-state index in [1.807, 2.05) is 13.8 Å². The molecule has 0 saturated carbocycles. The van der Waals surface area contributed by atoms with E-state index in [4.69, 9.17) is 0 Å². The molecule has 0 fully saturated rings. The fourth-order valence-electron chi connectivity index (χ4n) is 1.54. The number of hydrogen-bond acceptors (Lipinski definition) is 3. The second kappa shape index (κ2) is 6.05. The molecule has 0 aliphatic heterocycles. The van der Waals surface area contributed by atoms with Crippen molar-refractivity contribution < 1.29 is 14.7 Å². The molecule has 0 aliphatic rings. The van der Waals surface area contributed by atoms with E-state index >= 15 is 0 Å². The molecular weight excluding hydrogens is 232 g/mol. The van der Waals surface area contributed by atoms with Crippen molar-refractivity contribution in [3.63, 3.8) is 0 Å². The molecule has 0 saturated heterocycles. The SMILES string of the molecule is CC(=O)NC(C(=O)Nc1ccccc1O)C(C)C. The third-order valence-electron chi connectivity index (χ3n) is 2.47. The Kier molecular flexibility index (Phi) is 4.71. The van der Waals surface area contributed by atoms with Crippen LogP contribution in [0.2, 0.25) is 0 Å². The van der Waals surface area contributed by atoms with Gasteiger partial charge in [-0.15, -0.1) is 0 Å².